The number of hydrogen-bond acceptors (Lipinski definition) is 3. The number of ether oxygens (including phenoxy) is 1. The van der Waals surface area contributed by atoms with Crippen molar-refractivity contribution in [3.8, 4) is 17.0 Å². The lowest BCUT2D eigenvalue weighted by Gasteiger charge is -2.08. The molecule has 142 valence electrons. The van der Waals surface area contributed by atoms with Crippen molar-refractivity contribution >= 4 is 0 Å². The molecule has 0 fully saturated rings. The topological polar surface area (TPSA) is 42.4 Å². The highest BCUT2D eigenvalue weighted by molar-refractivity contribution is 5.60. The van der Waals surface area contributed by atoms with Gasteiger partial charge in [0, 0.05) is 11.8 Å². The summed E-state index contributed by atoms with van der Waals surface area (Å²) >= 11 is 0. The molecule has 2 aromatic rings. The first kappa shape index (κ1) is 20.4. The standard InChI is InChI=1S/C23H33NO2/c1-3-4-5-6-7-8-17-26-22-14-12-21(13-15-22)23-16-11-20(18-24-23)10-9-19(2)25/h11-16,18-19,25H,3-10,17H2,1-2H3. The van der Waals surface area contributed by atoms with Gasteiger partial charge in [-0.15, -0.1) is 0 Å². The Labute approximate surface area is 158 Å². The zero-order valence-corrected chi connectivity index (χ0v) is 16.3. The van der Waals surface area contributed by atoms with E-state index < -0.39 is 0 Å². The molecule has 1 atom stereocenters. The zero-order valence-electron chi connectivity index (χ0n) is 16.3. The predicted octanol–water partition coefficient (Wildman–Crippen LogP) is 5.80. The number of aryl methyl sites for hydroxylation is 1. The van der Waals surface area contributed by atoms with E-state index in [0.29, 0.717) is 0 Å². The second-order valence-electron chi connectivity index (χ2n) is 7.08. The van der Waals surface area contributed by atoms with Crippen LogP contribution in [-0.4, -0.2) is 22.8 Å². The van der Waals surface area contributed by atoms with Gasteiger partial charge in [0.25, 0.3) is 0 Å². The molecule has 1 heterocycles. The highest BCUT2D eigenvalue weighted by atomic mass is 16.5. The van der Waals surface area contributed by atoms with E-state index in [4.69, 9.17) is 4.74 Å². The molecule has 1 unspecified atom stereocenters. The van der Waals surface area contributed by atoms with Crippen LogP contribution in [-0.2, 0) is 6.42 Å². The van der Waals surface area contributed by atoms with Gasteiger partial charge in [-0.1, -0.05) is 45.1 Å². The lowest BCUT2D eigenvalue weighted by molar-refractivity contribution is 0.185. The summed E-state index contributed by atoms with van der Waals surface area (Å²) < 4.78 is 5.83. The molecule has 3 nitrogen and oxygen atoms in total. The second kappa shape index (κ2) is 11.7. The Morgan fingerprint density at radius 2 is 1.69 bits per heavy atom. The summed E-state index contributed by atoms with van der Waals surface area (Å²) in [5.41, 5.74) is 3.22. The molecule has 0 amide bonds. The van der Waals surface area contributed by atoms with Crippen molar-refractivity contribution in [2.24, 2.45) is 0 Å². The third kappa shape index (κ3) is 7.57. The number of benzene rings is 1. The van der Waals surface area contributed by atoms with E-state index in [1.165, 1.54) is 32.1 Å². The van der Waals surface area contributed by atoms with Gasteiger partial charge in [-0.25, -0.2) is 0 Å². The Hall–Kier alpha value is -1.87. The van der Waals surface area contributed by atoms with Crippen molar-refractivity contribution in [2.45, 2.75) is 71.3 Å². The Morgan fingerprint density at radius 3 is 2.35 bits per heavy atom. The van der Waals surface area contributed by atoms with Crippen molar-refractivity contribution in [1.29, 1.82) is 0 Å². The first-order valence-corrected chi connectivity index (χ1v) is 10.0. The van der Waals surface area contributed by atoms with Crippen molar-refractivity contribution in [3.05, 3.63) is 48.2 Å². The number of pyridine rings is 1. The fourth-order valence-corrected chi connectivity index (χ4v) is 2.91. The molecular weight excluding hydrogens is 322 g/mol. The van der Waals surface area contributed by atoms with E-state index in [0.717, 1.165) is 48.4 Å². The number of rotatable bonds is 12. The van der Waals surface area contributed by atoms with Crippen molar-refractivity contribution < 1.29 is 9.84 Å². The van der Waals surface area contributed by atoms with Gasteiger partial charge in [-0.3, -0.25) is 4.98 Å². The van der Waals surface area contributed by atoms with E-state index in [-0.39, 0.29) is 6.10 Å². The molecule has 0 radical (unpaired) electrons. The van der Waals surface area contributed by atoms with Crippen LogP contribution < -0.4 is 4.74 Å². The SMILES string of the molecule is CCCCCCCCOc1ccc(-c2ccc(CCC(C)O)cn2)cc1. The van der Waals surface area contributed by atoms with Crippen molar-refractivity contribution in [3.63, 3.8) is 0 Å². The molecule has 0 aliphatic heterocycles. The molecule has 2 rings (SSSR count). The summed E-state index contributed by atoms with van der Waals surface area (Å²) in [5.74, 6) is 0.927. The monoisotopic (exact) mass is 355 g/mol. The van der Waals surface area contributed by atoms with Gasteiger partial charge in [0.1, 0.15) is 5.75 Å². The first-order valence-electron chi connectivity index (χ1n) is 10.0. The van der Waals surface area contributed by atoms with Crippen LogP contribution in [0, 0.1) is 0 Å². The molecule has 1 aromatic carbocycles. The normalized spacial score (nSPS) is 12.1. The maximum atomic E-state index is 9.37. The van der Waals surface area contributed by atoms with Crippen LogP contribution in [0.5, 0.6) is 5.75 Å². The quantitative estimate of drug-likeness (QED) is 0.489. The zero-order chi connectivity index (χ0) is 18.6. The van der Waals surface area contributed by atoms with Crippen LogP contribution >= 0.6 is 0 Å². The largest absolute Gasteiger partial charge is 0.494 e. The highest BCUT2D eigenvalue weighted by Crippen LogP contribution is 2.21. The molecule has 0 aliphatic carbocycles. The van der Waals surface area contributed by atoms with E-state index in [1.807, 2.05) is 31.3 Å². The minimum Gasteiger partial charge on any atom is -0.494 e. The maximum Gasteiger partial charge on any atom is 0.119 e. The number of nitrogens with zero attached hydrogens (tertiary/aromatic N) is 1. The van der Waals surface area contributed by atoms with Gasteiger partial charge in [0.2, 0.25) is 0 Å². The third-order valence-electron chi connectivity index (χ3n) is 4.59. The smallest absolute Gasteiger partial charge is 0.119 e. The molecule has 0 saturated carbocycles. The summed E-state index contributed by atoms with van der Waals surface area (Å²) in [7, 11) is 0. The van der Waals surface area contributed by atoms with Gasteiger partial charge < -0.3 is 9.84 Å². The minimum absolute atomic E-state index is 0.265. The fourth-order valence-electron chi connectivity index (χ4n) is 2.91. The summed E-state index contributed by atoms with van der Waals surface area (Å²) in [5, 5.41) is 9.37. The molecule has 3 heteroatoms. The molecule has 1 aromatic heterocycles. The van der Waals surface area contributed by atoms with Crippen LogP contribution in [0.2, 0.25) is 0 Å². The average Bonchev–Trinajstić information content (AvgIpc) is 2.66. The second-order valence-corrected chi connectivity index (χ2v) is 7.08. The van der Waals surface area contributed by atoms with Gasteiger partial charge in [0.15, 0.2) is 0 Å². The van der Waals surface area contributed by atoms with Gasteiger partial charge >= 0.3 is 0 Å². The summed E-state index contributed by atoms with van der Waals surface area (Å²) in [4.78, 5) is 4.55. The Bertz CT molecular complexity index is 605. The molecule has 0 bridgehead atoms. The predicted molar refractivity (Wildman–Crippen MR) is 109 cm³/mol. The van der Waals surface area contributed by atoms with Crippen molar-refractivity contribution in [1.82, 2.24) is 4.98 Å². The van der Waals surface area contributed by atoms with Crippen LogP contribution in [0.3, 0.4) is 0 Å². The first-order chi connectivity index (χ1) is 12.7. The molecule has 0 spiro atoms. The van der Waals surface area contributed by atoms with E-state index in [1.54, 1.807) is 0 Å². The summed E-state index contributed by atoms with van der Waals surface area (Å²) in [6, 6.07) is 12.3. The molecule has 1 N–H and O–H groups in total. The van der Waals surface area contributed by atoms with E-state index in [9.17, 15) is 5.11 Å². The Morgan fingerprint density at radius 1 is 0.962 bits per heavy atom. The van der Waals surface area contributed by atoms with Gasteiger partial charge in [-0.05, 0) is 62.1 Å². The number of aliphatic hydroxyl groups is 1. The molecular formula is C23H33NO2. The van der Waals surface area contributed by atoms with Crippen LogP contribution in [0.25, 0.3) is 11.3 Å². The average molecular weight is 356 g/mol. The number of hydrogen-bond donors (Lipinski definition) is 1. The third-order valence-corrected chi connectivity index (χ3v) is 4.59. The lowest BCUT2D eigenvalue weighted by Crippen LogP contribution is -2.01. The van der Waals surface area contributed by atoms with Crippen molar-refractivity contribution in [2.75, 3.05) is 6.61 Å². The molecule has 0 aliphatic rings. The highest BCUT2D eigenvalue weighted by Gasteiger charge is 2.03. The number of aromatic nitrogens is 1. The van der Waals surface area contributed by atoms with Gasteiger partial charge in [-0.2, -0.15) is 0 Å². The van der Waals surface area contributed by atoms with E-state index >= 15 is 0 Å². The van der Waals surface area contributed by atoms with Crippen LogP contribution in [0.15, 0.2) is 42.6 Å². The maximum absolute atomic E-state index is 9.37. The summed E-state index contributed by atoms with van der Waals surface area (Å²) in [6.07, 6.45) is 10.9. The molecule has 26 heavy (non-hydrogen) atoms. The van der Waals surface area contributed by atoms with E-state index in [2.05, 4.69) is 30.1 Å². The van der Waals surface area contributed by atoms with Crippen LogP contribution in [0.1, 0.15) is 64.4 Å². The minimum atomic E-state index is -0.265. The van der Waals surface area contributed by atoms with Crippen LogP contribution in [0.4, 0.5) is 0 Å². The van der Waals surface area contributed by atoms with Gasteiger partial charge in [0.05, 0.1) is 18.4 Å². The lowest BCUT2D eigenvalue weighted by atomic mass is 10.1. The number of aliphatic hydroxyl groups excluding tert-OH is 1. The Balaban J connectivity index is 1.76. The molecule has 0 saturated heterocycles. The Kier molecular flexibility index (Phi) is 9.19. The number of unbranched alkanes of at least 4 members (excludes halogenated alkanes) is 5. The fraction of sp³-hybridized carbons (Fsp3) is 0.522. The summed E-state index contributed by atoms with van der Waals surface area (Å²) in [6.45, 7) is 4.86.